The second kappa shape index (κ2) is 48.5. The molecule has 1 amide bonds. The van der Waals surface area contributed by atoms with Gasteiger partial charge in [-0.1, -0.05) is 229 Å². The number of unbranched alkanes of at least 4 members (excludes halogenated alkanes) is 32. The Labute approximate surface area is 409 Å². The highest BCUT2D eigenvalue weighted by molar-refractivity contribution is 7.47. The number of allylic oxidation sites excluding steroid dienone is 7. The normalized spacial score (nSPS) is 14.3. The molecule has 0 rings (SSSR count). The van der Waals surface area contributed by atoms with E-state index in [1.165, 1.54) is 180 Å². The molecule has 0 spiro atoms. The maximum atomic E-state index is 12.9. The van der Waals surface area contributed by atoms with Gasteiger partial charge in [0, 0.05) is 6.42 Å². The van der Waals surface area contributed by atoms with Crippen molar-refractivity contribution in [2.45, 2.75) is 270 Å². The predicted molar refractivity (Wildman–Crippen MR) is 286 cm³/mol. The molecule has 0 aliphatic heterocycles. The summed E-state index contributed by atoms with van der Waals surface area (Å²) in [5, 5.41) is 13.9. The molecule has 388 valence electrons. The number of rotatable bonds is 51. The number of phosphoric acid groups is 1. The smallest absolute Gasteiger partial charge is 0.387 e. The number of carbonyl (C=O) groups is 1. The van der Waals surface area contributed by atoms with E-state index in [0.717, 1.165) is 57.8 Å². The molecule has 0 saturated carbocycles. The minimum Gasteiger partial charge on any atom is -0.387 e. The summed E-state index contributed by atoms with van der Waals surface area (Å²) in [6.45, 7) is 4.80. The maximum Gasteiger partial charge on any atom is 0.472 e. The molecule has 3 N–H and O–H groups in total. The number of nitrogens with one attached hydrogen (secondary N) is 1. The lowest BCUT2D eigenvalue weighted by atomic mass is 10.0. The van der Waals surface area contributed by atoms with Gasteiger partial charge in [0.25, 0.3) is 0 Å². The van der Waals surface area contributed by atoms with E-state index < -0.39 is 20.0 Å². The van der Waals surface area contributed by atoms with Gasteiger partial charge in [-0.2, -0.15) is 0 Å². The summed E-state index contributed by atoms with van der Waals surface area (Å²) in [6, 6.07) is -0.875. The van der Waals surface area contributed by atoms with Gasteiger partial charge in [0.2, 0.25) is 5.91 Å². The minimum atomic E-state index is -4.36. The van der Waals surface area contributed by atoms with Gasteiger partial charge in [-0.3, -0.25) is 13.8 Å². The van der Waals surface area contributed by atoms with E-state index in [0.29, 0.717) is 17.4 Å². The Morgan fingerprint density at radius 1 is 0.500 bits per heavy atom. The van der Waals surface area contributed by atoms with Crippen molar-refractivity contribution in [3.63, 3.8) is 0 Å². The fraction of sp³-hybridized carbons (Fsp3) is 0.842. The molecule has 3 unspecified atom stereocenters. The van der Waals surface area contributed by atoms with Crippen molar-refractivity contribution in [2.75, 3.05) is 40.9 Å². The summed E-state index contributed by atoms with van der Waals surface area (Å²) >= 11 is 0. The highest BCUT2D eigenvalue weighted by atomic mass is 31.2. The molecule has 9 heteroatoms. The molecule has 0 bridgehead atoms. The first-order valence-electron chi connectivity index (χ1n) is 28.0. The summed E-state index contributed by atoms with van der Waals surface area (Å²) in [6.07, 6.45) is 63.6. The Bertz CT molecular complexity index is 1210. The maximum absolute atomic E-state index is 12.9. The molecule has 0 saturated heterocycles. The van der Waals surface area contributed by atoms with Crippen LogP contribution in [0.2, 0.25) is 0 Å². The molecule has 0 radical (unpaired) electrons. The van der Waals surface area contributed by atoms with Crippen molar-refractivity contribution in [1.82, 2.24) is 5.32 Å². The van der Waals surface area contributed by atoms with Gasteiger partial charge in [-0.05, 0) is 70.6 Å². The Balaban J connectivity index is 4.28. The third-order valence-electron chi connectivity index (χ3n) is 12.5. The molecule has 0 fully saturated rings. The van der Waals surface area contributed by atoms with E-state index >= 15 is 0 Å². The summed E-state index contributed by atoms with van der Waals surface area (Å²) in [4.78, 5) is 23.2. The van der Waals surface area contributed by atoms with Crippen LogP contribution in [0.4, 0.5) is 0 Å². The molecule has 0 aliphatic rings. The van der Waals surface area contributed by atoms with Crippen molar-refractivity contribution in [3.05, 3.63) is 48.6 Å². The second-order valence-corrected chi connectivity index (χ2v) is 21.7. The molecule has 0 aliphatic carbocycles. The minimum absolute atomic E-state index is 0.0513. The Morgan fingerprint density at radius 2 is 0.833 bits per heavy atom. The van der Waals surface area contributed by atoms with E-state index in [1.54, 1.807) is 6.08 Å². The quantitative estimate of drug-likeness (QED) is 0.0243. The third kappa shape index (κ3) is 50.3. The zero-order valence-electron chi connectivity index (χ0n) is 44.2. The monoisotopic (exact) mass is 950 g/mol. The first-order chi connectivity index (χ1) is 32.0. The average Bonchev–Trinajstić information content (AvgIpc) is 3.28. The topological polar surface area (TPSA) is 105 Å². The lowest BCUT2D eigenvalue weighted by Crippen LogP contribution is -2.45. The number of phosphoric ester groups is 1. The van der Waals surface area contributed by atoms with E-state index in [-0.39, 0.29) is 19.1 Å². The van der Waals surface area contributed by atoms with Crippen LogP contribution < -0.4 is 5.32 Å². The van der Waals surface area contributed by atoms with Crippen LogP contribution in [-0.4, -0.2) is 73.4 Å². The van der Waals surface area contributed by atoms with Crippen LogP contribution in [0.3, 0.4) is 0 Å². The number of aliphatic hydroxyl groups is 1. The molecule has 0 aromatic carbocycles. The lowest BCUT2D eigenvalue weighted by Gasteiger charge is -2.25. The molecule has 8 nitrogen and oxygen atoms in total. The number of aliphatic hydroxyl groups excluding tert-OH is 1. The second-order valence-electron chi connectivity index (χ2n) is 20.3. The summed E-state index contributed by atoms with van der Waals surface area (Å²) in [7, 11) is 1.54. The van der Waals surface area contributed by atoms with Crippen LogP contribution in [0.15, 0.2) is 48.6 Å². The number of carbonyl (C=O) groups excluding carboxylic acids is 1. The number of nitrogens with zero attached hydrogens (tertiary/aromatic N) is 1. The summed E-state index contributed by atoms with van der Waals surface area (Å²) in [5.74, 6) is -0.199. The molecule has 0 aromatic heterocycles. The Kier molecular flexibility index (Phi) is 47.4. The van der Waals surface area contributed by atoms with Crippen LogP contribution in [0, 0.1) is 0 Å². The van der Waals surface area contributed by atoms with Gasteiger partial charge in [0.1, 0.15) is 13.2 Å². The number of quaternary nitrogens is 1. The van der Waals surface area contributed by atoms with E-state index in [2.05, 4.69) is 55.6 Å². The van der Waals surface area contributed by atoms with Crippen LogP contribution >= 0.6 is 7.82 Å². The zero-order chi connectivity index (χ0) is 48.5. The van der Waals surface area contributed by atoms with Crippen LogP contribution in [0.25, 0.3) is 0 Å². The van der Waals surface area contributed by atoms with Crippen molar-refractivity contribution < 1.29 is 32.9 Å². The summed E-state index contributed by atoms with van der Waals surface area (Å²) in [5.41, 5.74) is 0. The lowest BCUT2D eigenvalue weighted by molar-refractivity contribution is -0.870. The molecule has 0 heterocycles. The molecule has 0 aromatic rings. The van der Waals surface area contributed by atoms with Crippen molar-refractivity contribution in [3.8, 4) is 0 Å². The molecular weight excluding hydrogens is 840 g/mol. The van der Waals surface area contributed by atoms with Gasteiger partial charge in [-0.15, -0.1) is 0 Å². The van der Waals surface area contributed by atoms with Crippen LogP contribution in [-0.2, 0) is 18.4 Å². The first kappa shape index (κ1) is 64.5. The fourth-order valence-corrected chi connectivity index (χ4v) is 8.81. The fourth-order valence-electron chi connectivity index (χ4n) is 8.07. The van der Waals surface area contributed by atoms with Crippen LogP contribution in [0.1, 0.15) is 258 Å². The standard InChI is InChI=1S/C57H109N2O6P/c1-6-8-10-12-14-16-18-20-22-24-25-26-27-28-29-30-31-32-33-34-35-36-38-40-42-44-46-48-50-56(60)55(54-65-66(62,63)64-53-52-59(3,4)5)58-57(61)51-49-47-45-43-41-39-37-23-21-19-17-15-13-11-9-7-2/h23,34-35,37,40,42,48,50,55-56,60H,6-22,24-33,36,38-39,41,43-47,49,51-54H2,1-5H3,(H-,58,61,62,63)/p+1/b35-34+,37-23-,42-40+,50-48+. The van der Waals surface area contributed by atoms with Gasteiger partial charge >= 0.3 is 7.82 Å². The van der Waals surface area contributed by atoms with Crippen molar-refractivity contribution in [1.29, 1.82) is 0 Å². The SMILES string of the molecule is CCCCCCCCC/C=C\CCCCCCCC(=O)NC(COP(=O)(O)OCC[N+](C)(C)C)C(O)/C=C/CC/C=C/CC/C=C/CCCCCCCCCCCCCCCCCCCC. The van der Waals surface area contributed by atoms with Gasteiger partial charge < -0.3 is 19.8 Å². The average molecular weight is 950 g/mol. The zero-order valence-corrected chi connectivity index (χ0v) is 45.1. The van der Waals surface area contributed by atoms with Crippen LogP contribution in [0.5, 0.6) is 0 Å². The highest BCUT2D eigenvalue weighted by Gasteiger charge is 2.27. The summed E-state index contributed by atoms with van der Waals surface area (Å²) < 4.78 is 23.6. The van der Waals surface area contributed by atoms with Gasteiger partial charge in [-0.25, -0.2) is 4.57 Å². The number of likely N-dealkylation sites (N-methyl/N-ethyl adjacent to an activating group) is 1. The van der Waals surface area contributed by atoms with Gasteiger partial charge in [0.15, 0.2) is 0 Å². The number of amides is 1. The van der Waals surface area contributed by atoms with E-state index in [9.17, 15) is 19.4 Å². The first-order valence-corrected chi connectivity index (χ1v) is 29.5. The Hall–Kier alpha value is -1.54. The van der Waals surface area contributed by atoms with E-state index in [1.807, 2.05) is 27.2 Å². The van der Waals surface area contributed by atoms with E-state index in [4.69, 9.17) is 9.05 Å². The largest absolute Gasteiger partial charge is 0.472 e. The van der Waals surface area contributed by atoms with Crippen molar-refractivity contribution >= 4 is 13.7 Å². The number of hydrogen-bond donors (Lipinski definition) is 3. The molecule has 66 heavy (non-hydrogen) atoms. The predicted octanol–water partition coefficient (Wildman–Crippen LogP) is 16.8. The molecule has 3 atom stereocenters. The Morgan fingerprint density at radius 3 is 1.21 bits per heavy atom. The molecular formula is C57H110N2O6P+. The third-order valence-corrected chi connectivity index (χ3v) is 13.5. The number of hydrogen-bond acceptors (Lipinski definition) is 5. The van der Waals surface area contributed by atoms with Crippen molar-refractivity contribution in [2.24, 2.45) is 0 Å². The van der Waals surface area contributed by atoms with Gasteiger partial charge in [0.05, 0.1) is 39.9 Å². The highest BCUT2D eigenvalue weighted by Crippen LogP contribution is 2.43.